The minimum Gasteiger partial charge on any atom is -0.370 e. The summed E-state index contributed by atoms with van der Waals surface area (Å²) in [4.78, 5) is 8.32. The smallest absolute Gasteiger partial charge is 0.194 e. The Balaban J connectivity index is 0.00000200. The number of hydrogen-bond donors (Lipinski definition) is 2. The Morgan fingerprint density at radius 1 is 1.40 bits per heavy atom. The Bertz CT molecular complexity index is 554. The predicted molar refractivity (Wildman–Crippen MR) is 92.6 cm³/mol. The van der Waals surface area contributed by atoms with Gasteiger partial charge in [0.2, 0.25) is 0 Å². The molecule has 0 aliphatic carbocycles. The van der Waals surface area contributed by atoms with Crippen LogP contribution in [0.3, 0.4) is 0 Å². The van der Waals surface area contributed by atoms with Gasteiger partial charge in [0.05, 0.1) is 6.54 Å². The van der Waals surface area contributed by atoms with Crippen molar-refractivity contribution < 1.29 is 0 Å². The standard InChI is InChI=1S/C12H16N6S.HI/c1-8(2)11-18-17-10(19-11)7-15-12(13)16-9-5-3-4-6-14-9;/h3-6,8H,7H2,1-2H3,(H3,13,14,15,16);1H. The molecular weight excluding hydrogens is 387 g/mol. The third kappa shape index (κ3) is 5.00. The topological polar surface area (TPSA) is 89.1 Å². The van der Waals surface area contributed by atoms with Gasteiger partial charge in [-0.1, -0.05) is 31.3 Å². The van der Waals surface area contributed by atoms with Crippen molar-refractivity contribution >= 4 is 47.1 Å². The molecule has 0 aliphatic rings. The fraction of sp³-hybridized carbons (Fsp3) is 0.333. The van der Waals surface area contributed by atoms with Crippen molar-refractivity contribution in [2.24, 2.45) is 10.7 Å². The number of guanidine groups is 1. The van der Waals surface area contributed by atoms with Crippen molar-refractivity contribution in [3.8, 4) is 0 Å². The number of aliphatic imine (C=N–C) groups is 1. The number of anilines is 1. The monoisotopic (exact) mass is 404 g/mol. The molecule has 0 amide bonds. The first-order chi connectivity index (χ1) is 9.15. The molecule has 108 valence electrons. The van der Waals surface area contributed by atoms with E-state index in [0.717, 1.165) is 10.0 Å². The van der Waals surface area contributed by atoms with Crippen LogP contribution < -0.4 is 11.1 Å². The largest absolute Gasteiger partial charge is 0.370 e. The summed E-state index contributed by atoms with van der Waals surface area (Å²) in [6.07, 6.45) is 1.69. The summed E-state index contributed by atoms with van der Waals surface area (Å²) >= 11 is 1.56. The fourth-order valence-corrected chi connectivity index (χ4v) is 2.09. The van der Waals surface area contributed by atoms with Gasteiger partial charge in [0.25, 0.3) is 0 Å². The summed E-state index contributed by atoms with van der Waals surface area (Å²) in [5, 5.41) is 13.0. The van der Waals surface area contributed by atoms with Gasteiger partial charge in [0.1, 0.15) is 15.8 Å². The fourth-order valence-electron chi connectivity index (χ4n) is 1.32. The molecule has 2 aromatic heterocycles. The zero-order valence-corrected chi connectivity index (χ0v) is 14.4. The van der Waals surface area contributed by atoms with E-state index in [1.807, 2.05) is 18.2 Å². The number of rotatable bonds is 4. The normalized spacial score (nSPS) is 11.2. The molecule has 0 aliphatic heterocycles. The molecule has 0 bridgehead atoms. The molecule has 0 saturated heterocycles. The van der Waals surface area contributed by atoms with E-state index in [9.17, 15) is 0 Å². The van der Waals surface area contributed by atoms with Gasteiger partial charge in [-0.3, -0.25) is 0 Å². The molecule has 2 rings (SSSR count). The number of aromatic nitrogens is 3. The molecule has 2 heterocycles. The number of halogens is 1. The van der Waals surface area contributed by atoms with Crippen LogP contribution in [0.2, 0.25) is 0 Å². The van der Waals surface area contributed by atoms with Crippen molar-refractivity contribution in [3.05, 3.63) is 34.4 Å². The maximum absolute atomic E-state index is 5.78. The maximum Gasteiger partial charge on any atom is 0.194 e. The Hall–Kier alpha value is -1.29. The minimum atomic E-state index is 0. The third-order valence-corrected chi connectivity index (χ3v) is 3.49. The Kier molecular flexibility index (Phi) is 6.79. The van der Waals surface area contributed by atoms with E-state index < -0.39 is 0 Å². The van der Waals surface area contributed by atoms with Crippen molar-refractivity contribution in [1.29, 1.82) is 0 Å². The highest BCUT2D eigenvalue weighted by atomic mass is 127. The first kappa shape index (κ1) is 16.8. The second-order valence-corrected chi connectivity index (χ2v) is 5.32. The predicted octanol–water partition coefficient (Wildman–Crippen LogP) is 2.60. The summed E-state index contributed by atoms with van der Waals surface area (Å²) in [5.41, 5.74) is 5.78. The van der Waals surface area contributed by atoms with Crippen molar-refractivity contribution in [3.63, 3.8) is 0 Å². The number of hydrogen-bond acceptors (Lipinski definition) is 5. The summed E-state index contributed by atoms with van der Waals surface area (Å²) in [6, 6.07) is 5.54. The minimum absolute atomic E-state index is 0. The third-order valence-electron chi connectivity index (χ3n) is 2.28. The zero-order valence-electron chi connectivity index (χ0n) is 11.3. The Morgan fingerprint density at radius 3 is 2.80 bits per heavy atom. The summed E-state index contributed by atoms with van der Waals surface area (Å²) in [7, 11) is 0. The quantitative estimate of drug-likeness (QED) is 0.465. The highest BCUT2D eigenvalue weighted by Crippen LogP contribution is 2.19. The molecular formula is C12H17IN6S. The first-order valence-corrected chi connectivity index (χ1v) is 6.77. The number of pyridine rings is 1. The van der Waals surface area contributed by atoms with Gasteiger partial charge >= 0.3 is 0 Å². The molecule has 3 N–H and O–H groups in total. The van der Waals surface area contributed by atoms with Crippen LogP contribution in [-0.2, 0) is 6.54 Å². The highest BCUT2D eigenvalue weighted by molar-refractivity contribution is 14.0. The van der Waals surface area contributed by atoms with E-state index in [1.165, 1.54) is 0 Å². The number of nitrogens with zero attached hydrogens (tertiary/aromatic N) is 4. The van der Waals surface area contributed by atoms with Gasteiger partial charge in [-0.05, 0) is 12.1 Å². The van der Waals surface area contributed by atoms with E-state index >= 15 is 0 Å². The van der Waals surface area contributed by atoms with Gasteiger partial charge < -0.3 is 11.1 Å². The van der Waals surface area contributed by atoms with Crippen molar-refractivity contribution in [1.82, 2.24) is 15.2 Å². The van der Waals surface area contributed by atoms with Crippen LogP contribution in [-0.4, -0.2) is 21.1 Å². The first-order valence-electron chi connectivity index (χ1n) is 5.95. The number of nitrogens with one attached hydrogen (secondary N) is 1. The van der Waals surface area contributed by atoms with Gasteiger partial charge in [0, 0.05) is 12.1 Å². The lowest BCUT2D eigenvalue weighted by Crippen LogP contribution is -2.23. The SMILES string of the molecule is CC(C)c1nnc(CN=C(N)Nc2ccccn2)s1.I. The second kappa shape index (κ2) is 8.10. The lowest BCUT2D eigenvalue weighted by Gasteiger charge is -2.02. The summed E-state index contributed by atoms with van der Waals surface area (Å²) in [6.45, 7) is 4.60. The number of nitrogens with two attached hydrogens (primary N) is 1. The lowest BCUT2D eigenvalue weighted by molar-refractivity contribution is 0.816. The van der Waals surface area contributed by atoms with Crippen molar-refractivity contribution in [2.75, 3.05) is 5.32 Å². The van der Waals surface area contributed by atoms with Crippen LogP contribution >= 0.6 is 35.3 Å². The molecule has 2 aromatic rings. The van der Waals surface area contributed by atoms with E-state index in [2.05, 4.69) is 39.3 Å². The zero-order chi connectivity index (χ0) is 13.7. The van der Waals surface area contributed by atoms with Crippen LogP contribution in [0.1, 0.15) is 29.8 Å². The molecule has 0 aromatic carbocycles. The van der Waals surface area contributed by atoms with Crippen LogP contribution in [0.25, 0.3) is 0 Å². The van der Waals surface area contributed by atoms with Gasteiger partial charge in [-0.2, -0.15) is 0 Å². The average molecular weight is 404 g/mol. The molecule has 0 fully saturated rings. The average Bonchev–Trinajstić information content (AvgIpc) is 2.86. The maximum atomic E-state index is 5.78. The van der Waals surface area contributed by atoms with E-state index in [0.29, 0.717) is 24.2 Å². The second-order valence-electron chi connectivity index (χ2n) is 4.23. The molecule has 0 radical (unpaired) electrons. The Labute approximate surface area is 139 Å². The summed E-state index contributed by atoms with van der Waals surface area (Å²) < 4.78 is 0. The van der Waals surface area contributed by atoms with E-state index in [-0.39, 0.29) is 24.0 Å². The molecule has 0 saturated carbocycles. The molecule has 0 atom stereocenters. The molecule has 0 unspecified atom stereocenters. The van der Waals surface area contributed by atoms with Crippen molar-refractivity contribution in [2.45, 2.75) is 26.3 Å². The molecule has 0 spiro atoms. The van der Waals surface area contributed by atoms with Crippen LogP contribution in [0.15, 0.2) is 29.4 Å². The summed E-state index contributed by atoms with van der Waals surface area (Å²) in [5.74, 6) is 1.38. The van der Waals surface area contributed by atoms with Crippen LogP contribution in [0, 0.1) is 0 Å². The van der Waals surface area contributed by atoms with E-state index in [1.54, 1.807) is 17.5 Å². The lowest BCUT2D eigenvalue weighted by atomic mass is 10.2. The van der Waals surface area contributed by atoms with Gasteiger partial charge in [-0.15, -0.1) is 34.2 Å². The molecule has 20 heavy (non-hydrogen) atoms. The molecule has 6 nitrogen and oxygen atoms in total. The van der Waals surface area contributed by atoms with E-state index in [4.69, 9.17) is 5.73 Å². The van der Waals surface area contributed by atoms with Crippen LogP contribution in [0.4, 0.5) is 5.82 Å². The highest BCUT2D eigenvalue weighted by Gasteiger charge is 2.07. The Morgan fingerprint density at radius 2 is 2.20 bits per heavy atom. The molecule has 8 heteroatoms. The van der Waals surface area contributed by atoms with Gasteiger partial charge in [0.15, 0.2) is 5.96 Å². The van der Waals surface area contributed by atoms with Gasteiger partial charge in [-0.25, -0.2) is 9.98 Å². The van der Waals surface area contributed by atoms with Crippen LogP contribution in [0.5, 0.6) is 0 Å².